The van der Waals surface area contributed by atoms with Crippen LogP contribution in [0.1, 0.15) is 115 Å². The molecular weight excluding hydrogens is 626 g/mol. The first-order valence-electron chi connectivity index (χ1n) is 18.2. The first-order chi connectivity index (χ1) is 23.4. The van der Waals surface area contributed by atoms with Gasteiger partial charge in [-0.25, -0.2) is 4.98 Å². The van der Waals surface area contributed by atoms with E-state index in [1.807, 2.05) is 27.7 Å². The van der Waals surface area contributed by atoms with Gasteiger partial charge in [0.1, 0.15) is 23.8 Å². The Morgan fingerprint density at radius 2 is 1.63 bits per heavy atom. The van der Waals surface area contributed by atoms with Crippen LogP contribution in [0.2, 0.25) is 0 Å². The smallest absolute Gasteiger partial charge is 0.289 e. The predicted octanol–water partition coefficient (Wildman–Crippen LogP) is 2.45. The largest absolute Gasteiger partial charge is 0.347 e. The molecule has 1 aromatic rings. The zero-order valence-corrected chi connectivity index (χ0v) is 29.3. The van der Waals surface area contributed by atoms with E-state index >= 15 is 0 Å². The van der Waals surface area contributed by atoms with Gasteiger partial charge in [-0.05, 0) is 68.1 Å². The van der Waals surface area contributed by atoms with Crippen molar-refractivity contribution in [3.8, 4) is 0 Å². The van der Waals surface area contributed by atoms with E-state index in [4.69, 9.17) is 0 Å². The van der Waals surface area contributed by atoms with Gasteiger partial charge in [0.05, 0.1) is 12.2 Å². The SMILES string of the molecule is CCC[C@@H](NC(=O)[C@@H]1[C@@H]2CCC[C@H]2CN1C(=O)[C@@H](NC(=O)[C@H](NC(=O)c1cnccn1)C1CCCCC1)C(C)(C)C)C(=O)C(=O)NC1CC1. The molecule has 0 unspecified atom stereocenters. The summed E-state index contributed by atoms with van der Waals surface area (Å²) in [5.74, 6) is -3.20. The van der Waals surface area contributed by atoms with Gasteiger partial charge < -0.3 is 26.2 Å². The van der Waals surface area contributed by atoms with Crippen LogP contribution in [0.3, 0.4) is 0 Å². The summed E-state index contributed by atoms with van der Waals surface area (Å²) in [7, 11) is 0. The fraction of sp³-hybridized carbons (Fsp3) is 0.722. The summed E-state index contributed by atoms with van der Waals surface area (Å²) >= 11 is 0. The molecule has 5 rings (SSSR count). The number of ketones is 1. The molecule has 0 spiro atoms. The summed E-state index contributed by atoms with van der Waals surface area (Å²) in [6.07, 6.45) is 13.9. The number of carbonyl (C=O) groups is 6. The van der Waals surface area contributed by atoms with Crippen molar-refractivity contribution >= 4 is 35.3 Å². The lowest BCUT2D eigenvalue weighted by molar-refractivity contribution is -0.146. The van der Waals surface area contributed by atoms with Gasteiger partial charge in [0, 0.05) is 25.0 Å². The highest BCUT2D eigenvalue weighted by Crippen LogP contribution is 2.43. The van der Waals surface area contributed by atoms with Gasteiger partial charge in [0.15, 0.2) is 0 Å². The fourth-order valence-corrected chi connectivity index (χ4v) is 7.87. The molecule has 2 heterocycles. The van der Waals surface area contributed by atoms with Crippen molar-refractivity contribution in [1.29, 1.82) is 0 Å². The summed E-state index contributed by atoms with van der Waals surface area (Å²) in [5.41, 5.74) is -0.638. The quantitative estimate of drug-likeness (QED) is 0.230. The van der Waals surface area contributed by atoms with Crippen molar-refractivity contribution in [1.82, 2.24) is 36.1 Å². The molecule has 49 heavy (non-hydrogen) atoms. The molecule has 4 N–H and O–H groups in total. The molecule has 6 atom stereocenters. The number of hydrogen-bond donors (Lipinski definition) is 4. The van der Waals surface area contributed by atoms with E-state index in [1.54, 1.807) is 4.90 Å². The van der Waals surface area contributed by atoms with Crippen LogP contribution in [-0.4, -0.2) is 86.9 Å². The Bertz CT molecular complexity index is 1390. The number of nitrogens with zero attached hydrogens (tertiary/aromatic N) is 3. The molecule has 3 aliphatic carbocycles. The third kappa shape index (κ3) is 8.83. The maximum atomic E-state index is 14.6. The van der Waals surface area contributed by atoms with Crippen LogP contribution in [0.5, 0.6) is 0 Å². The van der Waals surface area contributed by atoms with Gasteiger partial charge in [-0.2, -0.15) is 0 Å². The Morgan fingerprint density at radius 1 is 0.898 bits per heavy atom. The molecule has 13 heteroatoms. The Morgan fingerprint density at radius 3 is 2.27 bits per heavy atom. The van der Waals surface area contributed by atoms with Crippen LogP contribution < -0.4 is 21.3 Å². The number of nitrogens with one attached hydrogen (secondary N) is 4. The number of fused-ring (bicyclic) bond motifs is 1. The summed E-state index contributed by atoms with van der Waals surface area (Å²) in [4.78, 5) is 91.4. The average molecular weight is 680 g/mol. The fourth-order valence-electron chi connectivity index (χ4n) is 7.87. The number of carbonyl (C=O) groups excluding carboxylic acids is 6. The van der Waals surface area contributed by atoms with E-state index < -0.39 is 59.0 Å². The Labute approximate surface area is 288 Å². The monoisotopic (exact) mass is 679 g/mol. The molecule has 5 amide bonds. The van der Waals surface area contributed by atoms with Crippen LogP contribution >= 0.6 is 0 Å². The molecule has 13 nitrogen and oxygen atoms in total. The maximum absolute atomic E-state index is 14.6. The molecule has 0 bridgehead atoms. The summed E-state index contributed by atoms with van der Waals surface area (Å²) in [6, 6.07) is -3.68. The number of hydrogen-bond acceptors (Lipinski definition) is 8. The number of Topliss-reactive ketones (excluding diaryl/α,β-unsaturated/α-hetero) is 1. The zero-order valence-electron chi connectivity index (χ0n) is 29.3. The lowest BCUT2D eigenvalue weighted by Gasteiger charge is -2.38. The van der Waals surface area contributed by atoms with E-state index in [2.05, 4.69) is 31.2 Å². The lowest BCUT2D eigenvalue weighted by Crippen LogP contribution is -2.62. The number of amides is 5. The second-order valence-corrected chi connectivity index (χ2v) is 15.5. The first kappa shape index (κ1) is 36.4. The van der Waals surface area contributed by atoms with Crippen LogP contribution in [-0.2, 0) is 24.0 Å². The van der Waals surface area contributed by atoms with Gasteiger partial charge in [-0.15, -0.1) is 0 Å². The second kappa shape index (κ2) is 15.8. The van der Waals surface area contributed by atoms with E-state index in [0.717, 1.165) is 64.2 Å². The molecule has 0 radical (unpaired) electrons. The third-order valence-corrected chi connectivity index (χ3v) is 10.7. The third-order valence-electron chi connectivity index (χ3n) is 10.7. The lowest BCUT2D eigenvalue weighted by atomic mass is 9.82. The second-order valence-electron chi connectivity index (χ2n) is 15.5. The first-order valence-corrected chi connectivity index (χ1v) is 18.2. The van der Waals surface area contributed by atoms with E-state index in [0.29, 0.717) is 19.4 Å². The maximum Gasteiger partial charge on any atom is 0.289 e. The van der Waals surface area contributed by atoms with Crippen molar-refractivity contribution in [2.75, 3.05) is 6.54 Å². The minimum Gasteiger partial charge on any atom is -0.347 e. The van der Waals surface area contributed by atoms with Gasteiger partial charge in [0.2, 0.25) is 23.5 Å². The van der Waals surface area contributed by atoms with Crippen molar-refractivity contribution in [3.63, 3.8) is 0 Å². The molecule has 268 valence electrons. The minimum absolute atomic E-state index is 0.0132. The molecule has 0 aromatic carbocycles. The topological polar surface area (TPSA) is 180 Å². The van der Waals surface area contributed by atoms with Crippen LogP contribution in [0.15, 0.2) is 18.6 Å². The van der Waals surface area contributed by atoms with Gasteiger partial charge in [-0.1, -0.05) is 59.8 Å². The van der Waals surface area contributed by atoms with Gasteiger partial charge in [0.25, 0.3) is 11.8 Å². The molecular formula is C36H53N7O6. The Hall–Kier alpha value is -3.90. The Kier molecular flexibility index (Phi) is 11.7. The summed E-state index contributed by atoms with van der Waals surface area (Å²) in [6.45, 7) is 7.85. The normalized spacial score (nSPS) is 24.2. The van der Waals surface area contributed by atoms with Crippen molar-refractivity contribution in [2.24, 2.45) is 23.2 Å². The Balaban J connectivity index is 1.36. The number of likely N-dealkylation sites (tertiary alicyclic amines) is 1. The standard InChI is InChI=1S/C36H53N7O6/c1-5-10-25(29(44)34(48)39-23-15-16-23)40-33(47)28-24-14-9-13-22(24)20-43(28)35(49)30(36(2,3)4)42-32(46)27(21-11-7-6-8-12-21)41-31(45)26-19-37-17-18-38-26/h17-19,21-25,27-28,30H,5-16,20H2,1-4H3,(H,39,48)(H,40,47)(H,41,45)(H,42,46)/t22-,24+,25+,27+,28-,30+/m0/s1. The highest BCUT2D eigenvalue weighted by molar-refractivity contribution is 6.38. The molecule has 1 saturated heterocycles. The van der Waals surface area contributed by atoms with E-state index in [-0.39, 0.29) is 35.4 Å². The van der Waals surface area contributed by atoms with Crippen molar-refractivity contribution in [2.45, 2.75) is 135 Å². The molecule has 1 aliphatic heterocycles. The van der Waals surface area contributed by atoms with Gasteiger partial charge in [-0.3, -0.25) is 33.8 Å². The molecule has 3 saturated carbocycles. The summed E-state index contributed by atoms with van der Waals surface area (Å²) < 4.78 is 0. The predicted molar refractivity (Wildman–Crippen MR) is 181 cm³/mol. The molecule has 4 fully saturated rings. The number of aromatic nitrogens is 2. The molecule has 4 aliphatic rings. The minimum atomic E-state index is -0.994. The average Bonchev–Trinajstić information content (AvgIpc) is 3.65. The van der Waals surface area contributed by atoms with Crippen LogP contribution in [0, 0.1) is 23.2 Å². The van der Waals surface area contributed by atoms with Crippen LogP contribution in [0.25, 0.3) is 0 Å². The zero-order chi connectivity index (χ0) is 35.3. The van der Waals surface area contributed by atoms with Crippen molar-refractivity contribution < 1.29 is 28.8 Å². The van der Waals surface area contributed by atoms with E-state index in [9.17, 15) is 28.8 Å². The van der Waals surface area contributed by atoms with Gasteiger partial charge >= 0.3 is 0 Å². The highest BCUT2D eigenvalue weighted by Gasteiger charge is 2.52. The summed E-state index contributed by atoms with van der Waals surface area (Å²) in [5, 5.41) is 11.5. The molecule has 1 aromatic heterocycles. The van der Waals surface area contributed by atoms with Crippen molar-refractivity contribution in [3.05, 3.63) is 24.3 Å². The number of rotatable bonds is 13. The highest BCUT2D eigenvalue weighted by atomic mass is 16.2. The van der Waals surface area contributed by atoms with Crippen LogP contribution in [0.4, 0.5) is 0 Å². The van der Waals surface area contributed by atoms with E-state index in [1.165, 1.54) is 18.6 Å².